The second kappa shape index (κ2) is 8.62. The molecule has 0 spiro atoms. The van der Waals surface area contributed by atoms with Gasteiger partial charge in [0, 0.05) is 28.3 Å². The number of H-pyrrole nitrogens is 2. The van der Waals surface area contributed by atoms with E-state index in [9.17, 15) is 0 Å². The second-order valence-electron chi connectivity index (χ2n) is 8.96. The van der Waals surface area contributed by atoms with Crippen molar-refractivity contribution in [2.75, 3.05) is 13.1 Å². The van der Waals surface area contributed by atoms with Gasteiger partial charge in [-0.1, -0.05) is 12.1 Å². The molecule has 6 aromatic rings. The minimum absolute atomic E-state index is 0.208. The molecule has 36 heavy (non-hydrogen) atoms. The van der Waals surface area contributed by atoms with Gasteiger partial charge in [0.05, 0.1) is 47.2 Å². The van der Waals surface area contributed by atoms with E-state index < -0.39 is 0 Å². The Morgan fingerprint density at radius 3 is 2.81 bits per heavy atom. The number of imidazole rings is 1. The lowest BCUT2D eigenvalue weighted by Crippen LogP contribution is -2.34. The zero-order valence-electron chi connectivity index (χ0n) is 19.4. The number of aromatic nitrogens is 6. The second-order valence-corrected chi connectivity index (χ2v) is 8.96. The van der Waals surface area contributed by atoms with Crippen molar-refractivity contribution in [1.82, 2.24) is 35.5 Å². The molecule has 0 amide bonds. The molecule has 178 valence electrons. The first-order chi connectivity index (χ1) is 17.8. The van der Waals surface area contributed by atoms with Gasteiger partial charge in [0.25, 0.3) is 0 Å². The number of fused-ring (bicyclic) bond motifs is 2. The average molecular weight is 478 g/mol. The SMILES string of the molecule is c1cc(-c2ccoc2)c2nc(-c3n[nH]c4cnc(-c5cncc(OC6CCNCC6)c5)cc34)[nH]c2c1. The monoisotopic (exact) mass is 477 g/mol. The summed E-state index contributed by atoms with van der Waals surface area (Å²) in [5.74, 6) is 1.45. The van der Waals surface area contributed by atoms with Crippen LogP contribution in [0.4, 0.5) is 0 Å². The normalized spacial score (nSPS) is 14.6. The zero-order valence-corrected chi connectivity index (χ0v) is 19.4. The molecule has 9 nitrogen and oxygen atoms in total. The molecule has 1 aromatic carbocycles. The van der Waals surface area contributed by atoms with Crippen LogP contribution in [0.2, 0.25) is 0 Å². The van der Waals surface area contributed by atoms with Gasteiger partial charge in [-0.2, -0.15) is 5.10 Å². The standard InChI is InChI=1S/C27H23N7O2/c1-2-20(16-6-9-35-15-16)25-22(3-1)31-27(32-25)26-21-11-23(30-14-24(21)33-34-26)17-10-19(13-29-12-17)36-18-4-7-28-8-5-18/h1-3,6,9-15,18,28H,4-5,7-8H2,(H,31,32)(H,33,34). The molecule has 1 fully saturated rings. The highest BCUT2D eigenvalue weighted by Gasteiger charge is 2.18. The Morgan fingerprint density at radius 1 is 0.972 bits per heavy atom. The first-order valence-corrected chi connectivity index (χ1v) is 12.0. The molecule has 0 aliphatic carbocycles. The molecule has 0 saturated carbocycles. The van der Waals surface area contributed by atoms with E-state index in [1.807, 2.05) is 42.6 Å². The number of benzene rings is 1. The zero-order chi connectivity index (χ0) is 23.9. The minimum Gasteiger partial charge on any atom is -0.489 e. The summed E-state index contributed by atoms with van der Waals surface area (Å²) in [7, 11) is 0. The summed E-state index contributed by atoms with van der Waals surface area (Å²) in [5.41, 5.74) is 7.04. The fraction of sp³-hybridized carbons (Fsp3) is 0.185. The lowest BCUT2D eigenvalue weighted by Gasteiger charge is -2.23. The van der Waals surface area contributed by atoms with E-state index in [2.05, 4.69) is 30.5 Å². The van der Waals surface area contributed by atoms with E-state index in [0.29, 0.717) is 5.82 Å². The number of para-hydroxylation sites is 1. The number of ether oxygens (including phenoxy) is 1. The molecular weight excluding hydrogens is 454 g/mol. The fourth-order valence-corrected chi connectivity index (χ4v) is 4.78. The maximum absolute atomic E-state index is 6.19. The summed E-state index contributed by atoms with van der Waals surface area (Å²) in [6.07, 6.45) is 10.9. The third-order valence-corrected chi connectivity index (χ3v) is 6.61. The van der Waals surface area contributed by atoms with Crippen LogP contribution in [0.5, 0.6) is 5.75 Å². The van der Waals surface area contributed by atoms with E-state index in [-0.39, 0.29) is 6.10 Å². The van der Waals surface area contributed by atoms with Crippen molar-refractivity contribution >= 4 is 21.9 Å². The molecule has 0 bridgehead atoms. The summed E-state index contributed by atoms with van der Waals surface area (Å²) in [5, 5.41) is 11.9. The molecule has 0 radical (unpaired) electrons. The Bertz CT molecular complexity index is 1660. The van der Waals surface area contributed by atoms with Gasteiger partial charge in [0.1, 0.15) is 17.5 Å². The lowest BCUT2D eigenvalue weighted by atomic mass is 10.1. The smallest absolute Gasteiger partial charge is 0.159 e. The number of piperidine rings is 1. The van der Waals surface area contributed by atoms with Gasteiger partial charge >= 0.3 is 0 Å². The maximum Gasteiger partial charge on any atom is 0.159 e. The van der Waals surface area contributed by atoms with Gasteiger partial charge in [0.15, 0.2) is 5.82 Å². The number of aromatic amines is 2. The van der Waals surface area contributed by atoms with Crippen LogP contribution in [0.1, 0.15) is 12.8 Å². The predicted octanol–water partition coefficient (Wildman–Crippen LogP) is 4.95. The van der Waals surface area contributed by atoms with E-state index >= 15 is 0 Å². The quantitative estimate of drug-likeness (QED) is 0.321. The van der Waals surface area contributed by atoms with E-state index in [4.69, 9.17) is 14.1 Å². The third-order valence-electron chi connectivity index (χ3n) is 6.61. The molecule has 0 unspecified atom stereocenters. The molecule has 3 N–H and O–H groups in total. The molecular formula is C27H23N7O2. The Kier molecular flexibility index (Phi) is 4.99. The highest BCUT2D eigenvalue weighted by atomic mass is 16.5. The number of nitrogens with zero attached hydrogens (tertiary/aromatic N) is 4. The summed E-state index contributed by atoms with van der Waals surface area (Å²) < 4.78 is 11.5. The van der Waals surface area contributed by atoms with Crippen molar-refractivity contribution in [3.8, 4) is 39.7 Å². The number of rotatable bonds is 5. The molecule has 7 rings (SSSR count). The highest BCUT2D eigenvalue weighted by molar-refractivity contribution is 5.97. The van der Waals surface area contributed by atoms with Crippen LogP contribution in [-0.2, 0) is 0 Å². The van der Waals surface area contributed by atoms with Crippen LogP contribution in [0.3, 0.4) is 0 Å². The minimum atomic E-state index is 0.208. The van der Waals surface area contributed by atoms with Gasteiger partial charge in [-0.3, -0.25) is 15.1 Å². The first-order valence-electron chi connectivity index (χ1n) is 12.0. The van der Waals surface area contributed by atoms with E-state index in [0.717, 1.165) is 81.7 Å². The predicted molar refractivity (Wildman–Crippen MR) is 136 cm³/mol. The third kappa shape index (κ3) is 3.70. The van der Waals surface area contributed by atoms with Crippen molar-refractivity contribution in [3.63, 3.8) is 0 Å². The van der Waals surface area contributed by atoms with Crippen molar-refractivity contribution in [2.24, 2.45) is 0 Å². The van der Waals surface area contributed by atoms with Gasteiger partial charge in [-0.25, -0.2) is 4.98 Å². The van der Waals surface area contributed by atoms with Crippen molar-refractivity contribution in [1.29, 1.82) is 0 Å². The Hall–Kier alpha value is -4.50. The van der Waals surface area contributed by atoms with Crippen LogP contribution >= 0.6 is 0 Å². The Morgan fingerprint density at radius 2 is 1.92 bits per heavy atom. The van der Waals surface area contributed by atoms with Gasteiger partial charge in [0.2, 0.25) is 0 Å². The van der Waals surface area contributed by atoms with Crippen LogP contribution < -0.4 is 10.1 Å². The summed E-state index contributed by atoms with van der Waals surface area (Å²) in [4.78, 5) is 17.4. The van der Waals surface area contributed by atoms with Gasteiger partial charge < -0.3 is 19.5 Å². The molecule has 5 aromatic heterocycles. The molecule has 1 aliphatic rings. The van der Waals surface area contributed by atoms with Crippen LogP contribution in [-0.4, -0.2) is 49.3 Å². The summed E-state index contributed by atoms with van der Waals surface area (Å²) in [6, 6.07) is 12.0. The molecule has 6 heterocycles. The van der Waals surface area contributed by atoms with E-state index in [1.165, 1.54) is 0 Å². The number of nitrogens with one attached hydrogen (secondary N) is 3. The number of hydrogen-bond donors (Lipinski definition) is 3. The Labute approximate surface area is 206 Å². The van der Waals surface area contributed by atoms with Crippen molar-refractivity contribution in [2.45, 2.75) is 18.9 Å². The highest BCUT2D eigenvalue weighted by Crippen LogP contribution is 2.33. The number of pyridine rings is 2. The Balaban J connectivity index is 1.26. The average Bonchev–Trinajstić information content (AvgIpc) is 3.68. The maximum atomic E-state index is 6.19. The van der Waals surface area contributed by atoms with E-state index in [1.54, 1.807) is 24.9 Å². The topological polar surface area (TPSA) is 118 Å². The van der Waals surface area contributed by atoms with Gasteiger partial charge in [-0.15, -0.1) is 0 Å². The lowest BCUT2D eigenvalue weighted by molar-refractivity contribution is 0.162. The molecule has 0 atom stereocenters. The summed E-state index contributed by atoms with van der Waals surface area (Å²) in [6.45, 7) is 1.95. The van der Waals surface area contributed by atoms with Crippen LogP contribution in [0.15, 0.2) is 71.9 Å². The van der Waals surface area contributed by atoms with Crippen molar-refractivity contribution in [3.05, 3.63) is 67.5 Å². The molecule has 1 aliphatic heterocycles. The van der Waals surface area contributed by atoms with Gasteiger partial charge in [-0.05, 0) is 50.2 Å². The number of hydrogen-bond acceptors (Lipinski definition) is 7. The summed E-state index contributed by atoms with van der Waals surface area (Å²) >= 11 is 0. The van der Waals surface area contributed by atoms with Crippen LogP contribution in [0, 0.1) is 0 Å². The number of furan rings is 1. The van der Waals surface area contributed by atoms with Crippen molar-refractivity contribution < 1.29 is 9.15 Å². The van der Waals surface area contributed by atoms with Crippen LogP contribution in [0.25, 0.3) is 55.8 Å². The first kappa shape index (κ1) is 20.8. The molecule has 9 heteroatoms. The molecule has 1 saturated heterocycles. The fourth-order valence-electron chi connectivity index (χ4n) is 4.78. The largest absolute Gasteiger partial charge is 0.489 e.